The molecular formula is C26H37N7O7. The van der Waals surface area contributed by atoms with Crippen LogP contribution in [-0.2, 0) is 35.2 Å². The standard InChI is InChI=1S/C26H37N7O7/c1-13(2)22(33-23(36)16(27)7-9-20(28)34)25(38)31-18(8-10-21(29)35)24(37)32-19(26(39)40)11-14-12-30-17-6-4-3-5-15(14)17/h3-6,12-13,16,18-19,22,30H,7-11,27H2,1-2H3,(H2,28,34)(H2,29,35)(H,31,38)(H,32,37)(H,33,36)(H,39,40). The van der Waals surface area contributed by atoms with Gasteiger partial charge >= 0.3 is 5.97 Å². The predicted octanol–water partition coefficient (Wildman–Crippen LogP) is -1.24. The number of fused-ring (bicyclic) bond motifs is 1. The average Bonchev–Trinajstić information content (AvgIpc) is 3.29. The van der Waals surface area contributed by atoms with Crippen molar-refractivity contribution in [2.45, 2.75) is 70.1 Å². The fraction of sp³-hybridized carbons (Fsp3) is 0.462. The van der Waals surface area contributed by atoms with Crippen LogP contribution in [0, 0.1) is 5.92 Å². The number of benzene rings is 1. The van der Waals surface area contributed by atoms with Crippen molar-refractivity contribution in [1.29, 1.82) is 0 Å². The van der Waals surface area contributed by atoms with Gasteiger partial charge in [0.05, 0.1) is 6.04 Å². The summed E-state index contributed by atoms with van der Waals surface area (Å²) in [6.45, 7) is 3.30. The zero-order chi connectivity index (χ0) is 30.0. The minimum Gasteiger partial charge on any atom is -0.480 e. The van der Waals surface area contributed by atoms with Gasteiger partial charge in [-0.25, -0.2) is 4.79 Å². The molecule has 0 saturated heterocycles. The number of aliphatic carboxylic acids is 1. The normalized spacial score (nSPS) is 14.1. The minimum absolute atomic E-state index is 0.0236. The van der Waals surface area contributed by atoms with Gasteiger partial charge in [-0.1, -0.05) is 32.0 Å². The molecule has 40 heavy (non-hydrogen) atoms. The molecule has 2 rings (SSSR count). The zero-order valence-electron chi connectivity index (χ0n) is 22.4. The van der Waals surface area contributed by atoms with E-state index in [1.165, 1.54) is 0 Å². The number of nitrogens with two attached hydrogens (primary N) is 3. The van der Waals surface area contributed by atoms with Crippen molar-refractivity contribution in [2.75, 3.05) is 0 Å². The lowest BCUT2D eigenvalue weighted by Gasteiger charge is -2.27. The smallest absolute Gasteiger partial charge is 0.326 e. The number of carbonyl (C=O) groups is 6. The van der Waals surface area contributed by atoms with E-state index in [0.717, 1.165) is 10.9 Å². The van der Waals surface area contributed by atoms with E-state index in [1.54, 1.807) is 26.1 Å². The quantitative estimate of drug-likeness (QED) is 0.123. The Balaban J connectivity index is 2.17. The first-order valence-electron chi connectivity index (χ1n) is 12.8. The van der Waals surface area contributed by atoms with Crippen LogP contribution in [0.25, 0.3) is 10.9 Å². The van der Waals surface area contributed by atoms with Crippen molar-refractivity contribution in [3.05, 3.63) is 36.0 Å². The number of carboxylic acid groups (broad SMARTS) is 1. The molecule has 218 valence electrons. The number of aromatic amines is 1. The molecule has 0 bridgehead atoms. The van der Waals surface area contributed by atoms with Crippen molar-refractivity contribution in [3.63, 3.8) is 0 Å². The molecule has 0 radical (unpaired) electrons. The van der Waals surface area contributed by atoms with Gasteiger partial charge < -0.3 is 43.2 Å². The molecule has 0 aliphatic heterocycles. The van der Waals surface area contributed by atoms with Crippen LogP contribution in [0.3, 0.4) is 0 Å². The molecule has 14 nitrogen and oxygen atoms in total. The largest absolute Gasteiger partial charge is 0.480 e. The third kappa shape index (κ3) is 9.38. The van der Waals surface area contributed by atoms with Crippen molar-refractivity contribution in [2.24, 2.45) is 23.1 Å². The van der Waals surface area contributed by atoms with Crippen LogP contribution in [0.15, 0.2) is 30.5 Å². The molecule has 0 spiro atoms. The van der Waals surface area contributed by atoms with Gasteiger partial charge in [0.2, 0.25) is 29.5 Å². The monoisotopic (exact) mass is 559 g/mol. The summed E-state index contributed by atoms with van der Waals surface area (Å²) in [5.74, 6) is -5.38. The van der Waals surface area contributed by atoms with Crippen LogP contribution in [0.2, 0.25) is 0 Å². The Morgan fingerprint density at radius 3 is 2.05 bits per heavy atom. The van der Waals surface area contributed by atoms with E-state index in [-0.39, 0.29) is 32.1 Å². The molecule has 1 heterocycles. The summed E-state index contributed by atoms with van der Waals surface area (Å²) in [5, 5.41) is 18.0. The number of carbonyl (C=O) groups excluding carboxylic acids is 5. The van der Waals surface area contributed by atoms with E-state index >= 15 is 0 Å². The number of carboxylic acids is 1. The van der Waals surface area contributed by atoms with Gasteiger partial charge in [-0.05, 0) is 30.4 Å². The highest BCUT2D eigenvalue weighted by atomic mass is 16.4. The van der Waals surface area contributed by atoms with Crippen molar-refractivity contribution >= 4 is 46.4 Å². The lowest BCUT2D eigenvalue weighted by molar-refractivity contribution is -0.142. The number of primary amides is 2. The molecule has 4 atom stereocenters. The zero-order valence-corrected chi connectivity index (χ0v) is 22.4. The maximum Gasteiger partial charge on any atom is 0.326 e. The molecule has 0 fully saturated rings. The maximum absolute atomic E-state index is 13.2. The lowest BCUT2D eigenvalue weighted by atomic mass is 10.0. The third-order valence-electron chi connectivity index (χ3n) is 6.31. The van der Waals surface area contributed by atoms with E-state index in [4.69, 9.17) is 17.2 Å². The fourth-order valence-electron chi connectivity index (χ4n) is 4.03. The highest BCUT2D eigenvalue weighted by Crippen LogP contribution is 2.19. The Labute approximate surface area is 230 Å². The van der Waals surface area contributed by atoms with Crippen LogP contribution in [0.4, 0.5) is 0 Å². The first-order chi connectivity index (χ1) is 18.8. The van der Waals surface area contributed by atoms with E-state index < -0.39 is 65.6 Å². The van der Waals surface area contributed by atoms with Gasteiger partial charge in [-0.15, -0.1) is 0 Å². The second-order valence-electron chi connectivity index (χ2n) is 9.87. The Morgan fingerprint density at radius 1 is 0.850 bits per heavy atom. The van der Waals surface area contributed by atoms with Crippen LogP contribution < -0.4 is 33.2 Å². The average molecular weight is 560 g/mol. The van der Waals surface area contributed by atoms with Crippen LogP contribution in [-0.4, -0.2) is 69.8 Å². The fourth-order valence-corrected chi connectivity index (χ4v) is 4.03. The number of nitrogens with one attached hydrogen (secondary N) is 4. The lowest BCUT2D eigenvalue weighted by Crippen LogP contribution is -2.58. The number of aromatic nitrogens is 1. The topological polar surface area (TPSA) is 253 Å². The number of H-pyrrole nitrogens is 1. The molecular weight excluding hydrogens is 522 g/mol. The highest BCUT2D eigenvalue weighted by molar-refractivity contribution is 5.95. The molecule has 0 aliphatic rings. The maximum atomic E-state index is 13.2. The summed E-state index contributed by atoms with van der Waals surface area (Å²) in [6.07, 6.45) is 0.993. The number of amides is 5. The Morgan fingerprint density at radius 2 is 1.45 bits per heavy atom. The second kappa shape index (κ2) is 14.6. The van der Waals surface area contributed by atoms with E-state index in [2.05, 4.69) is 20.9 Å². The molecule has 2 aromatic rings. The molecule has 1 aromatic heterocycles. The predicted molar refractivity (Wildman–Crippen MR) is 145 cm³/mol. The molecule has 5 amide bonds. The summed E-state index contributed by atoms with van der Waals surface area (Å²) in [4.78, 5) is 76.3. The summed E-state index contributed by atoms with van der Waals surface area (Å²) in [5.41, 5.74) is 17.6. The van der Waals surface area contributed by atoms with Gasteiger partial charge in [-0.3, -0.25) is 24.0 Å². The van der Waals surface area contributed by atoms with Gasteiger partial charge in [-0.2, -0.15) is 0 Å². The van der Waals surface area contributed by atoms with Crippen LogP contribution in [0.1, 0.15) is 45.1 Å². The van der Waals surface area contributed by atoms with Crippen molar-refractivity contribution in [1.82, 2.24) is 20.9 Å². The van der Waals surface area contributed by atoms with E-state index in [9.17, 15) is 33.9 Å². The van der Waals surface area contributed by atoms with E-state index in [1.807, 2.05) is 18.2 Å². The number of para-hydroxylation sites is 1. The van der Waals surface area contributed by atoms with Crippen molar-refractivity contribution < 1.29 is 33.9 Å². The second-order valence-corrected chi connectivity index (χ2v) is 9.87. The molecule has 0 saturated carbocycles. The summed E-state index contributed by atoms with van der Waals surface area (Å²) >= 11 is 0. The van der Waals surface area contributed by atoms with Crippen LogP contribution in [0.5, 0.6) is 0 Å². The van der Waals surface area contributed by atoms with Crippen molar-refractivity contribution in [3.8, 4) is 0 Å². The molecule has 1 aromatic carbocycles. The molecule has 14 heteroatoms. The van der Waals surface area contributed by atoms with Gasteiger partial charge in [0.1, 0.15) is 18.1 Å². The van der Waals surface area contributed by atoms with Gasteiger partial charge in [0.25, 0.3) is 0 Å². The summed E-state index contributed by atoms with van der Waals surface area (Å²) in [7, 11) is 0. The number of hydrogen-bond donors (Lipinski definition) is 8. The Bertz CT molecular complexity index is 1240. The summed E-state index contributed by atoms with van der Waals surface area (Å²) < 4.78 is 0. The first kappa shape index (κ1) is 31.8. The van der Waals surface area contributed by atoms with Gasteiger partial charge in [0, 0.05) is 36.4 Å². The molecule has 4 unspecified atom stereocenters. The third-order valence-corrected chi connectivity index (χ3v) is 6.31. The number of hydrogen-bond acceptors (Lipinski definition) is 7. The first-order valence-corrected chi connectivity index (χ1v) is 12.8. The Kier molecular flexibility index (Phi) is 11.6. The molecule has 0 aliphatic carbocycles. The molecule has 11 N–H and O–H groups in total. The highest BCUT2D eigenvalue weighted by Gasteiger charge is 2.32. The minimum atomic E-state index is -1.34. The summed E-state index contributed by atoms with van der Waals surface area (Å²) in [6, 6.07) is 2.38. The van der Waals surface area contributed by atoms with Crippen LogP contribution >= 0.6 is 0 Å². The number of rotatable bonds is 16. The Hall–Kier alpha value is -4.46. The SMILES string of the molecule is CC(C)C(NC(=O)C(N)CCC(N)=O)C(=O)NC(CCC(N)=O)C(=O)NC(Cc1c[nH]c2ccccc12)C(=O)O. The van der Waals surface area contributed by atoms with Gasteiger partial charge in [0.15, 0.2) is 0 Å². The van der Waals surface area contributed by atoms with E-state index in [0.29, 0.717) is 5.56 Å².